The van der Waals surface area contributed by atoms with Crippen LogP contribution in [0.5, 0.6) is 0 Å². The highest BCUT2D eigenvalue weighted by atomic mass is 35.5. The number of hydrogen-bond donors (Lipinski definition) is 1. The number of anilines is 2. The minimum absolute atomic E-state index is 0.272. The van der Waals surface area contributed by atoms with Gasteiger partial charge in [-0.1, -0.05) is 66.2 Å². The van der Waals surface area contributed by atoms with Crippen molar-refractivity contribution in [2.75, 3.05) is 16.8 Å². The second-order valence-corrected chi connectivity index (χ2v) is 8.13. The molecule has 5 rings (SSSR count). The van der Waals surface area contributed by atoms with Crippen LogP contribution in [0, 0.1) is 0 Å². The van der Waals surface area contributed by atoms with Crippen LogP contribution in [0.4, 0.5) is 11.4 Å². The van der Waals surface area contributed by atoms with E-state index in [-0.39, 0.29) is 12.5 Å². The van der Waals surface area contributed by atoms with E-state index in [9.17, 15) is 14.7 Å². The van der Waals surface area contributed by atoms with Crippen molar-refractivity contribution in [3.05, 3.63) is 94.5 Å². The van der Waals surface area contributed by atoms with E-state index in [2.05, 4.69) is 0 Å². The first-order valence-electron chi connectivity index (χ1n) is 9.67. The molecule has 6 heteroatoms. The standard InChI is InChI=1S/C24H19ClN2O3/c1-26-19-10-6-5-9-17(19)21(22(26)28)24(30)18-12-11-16(25)13-20(18)27(23(24)29)14-15-7-3-2-4-8-15/h2-13,21,30H,14H2,1H3/t21-,24+/m1/s1. The topological polar surface area (TPSA) is 60.9 Å². The van der Waals surface area contributed by atoms with E-state index in [0.29, 0.717) is 27.5 Å². The van der Waals surface area contributed by atoms with Crippen LogP contribution in [0.1, 0.15) is 22.6 Å². The molecule has 2 amide bonds. The third kappa shape index (κ3) is 2.52. The van der Waals surface area contributed by atoms with E-state index in [0.717, 1.165) is 5.56 Å². The van der Waals surface area contributed by atoms with Crippen LogP contribution in [0.25, 0.3) is 0 Å². The van der Waals surface area contributed by atoms with Crippen molar-refractivity contribution in [1.82, 2.24) is 0 Å². The molecular weight excluding hydrogens is 400 g/mol. The van der Waals surface area contributed by atoms with E-state index in [1.54, 1.807) is 31.3 Å². The van der Waals surface area contributed by atoms with Crippen molar-refractivity contribution in [3.63, 3.8) is 0 Å². The maximum absolute atomic E-state index is 13.7. The lowest BCUT2D eigenvalue weighted by atomic mass is 9.78. The predicted octanol–water partition coefficient (Wildman–Crippen LogP) is 3.83. The Morgan fingerprint density at radius 1 is 0.967 bits per heavy atom. The second-order valence-electron chi connectivity index (χ2n) is 7.69. The summed E-state index contributed by atoms with van der Waals surface area (Å²) in [5.41, 5.74) is 1.17. The average molecular weight is 419 g/mol. The molecule has 2 aliphatic rings. The third-order valence-electron chi connectivity index (χ3n) is 6.02. The molecule has 0 unspecified atom stereocenters. The number of likely N-dealkylation sites (N-methyl/N-ethyl adjacent to an activating group) is 1. The number of carbonyl (C=O) groups excluding carboxylic acids is 2. The summed E-state index contributed by atoms with van der Waals surface area (Å²) in [6.07, 6.45) is 0. The molecule has 30 heavy (non-hydrogen) atoms. The molecule has 0 aliphatic carbocycles. The maximum atomic E-state index is 13.7. The van der Waals surface area contributed by atoms with Crippen LogP contribution in [0.15, 0.2) is 72.8 Å². The van der Waals surface area contributed by atoms with Gasteiger partial charge in [0.05, 0.1) is 12.2 Å². The van der Waals surface area contributed by atoms with Gasteiger partial charge in [0.25, 0.3) is 5.91 Å². The molecule has 0 bridgehead atoms. The molecule has 0 spiro atoms. The quantitative estimate of drug-likeness (QED) is 0.703. The van der Waals surface area contributed by atoms with Gasteiger partial charge in [-0.2, -0.15) is 0 Å². The molecular formula is C24H19ClN2O3. The minimum atomic E-state index is -2.01. The second kappa shape index (κ2) is 6.69. The summed E-state index contributed by atoms with van der Waals surface area (Å²) in [6.45, 7) is 0.272. The van der Waals surface area contributed by atoms with Crippen molar-refractivity contribution in [2.45, 2.75) is 18.1 Å². The van der Waals surface area contributed by atoms with Crippen molar-refractivity contribution in [3.8, 4) is 0 Å². The van der Waals surface area contributed by atoms with Crippen molar-refractivity contribution >= 4 is 34.8 Å². The summed E-state index contributed by atoms with van der Waals surface area (Å²) < 4.78 is 0. The molecule has 150 valence electrons. The Balaban J connectivity index is 1.68. The Kier molecular flexibility index (Phi) is 4.20. The van der Waals surface area contributed by atoms with Crippen molar-refractivity contribution in [1.29, 1.82) is 0 Å². The van der Waals surface area contributed by atoms with Gasteiger partial charge in [-0.15, -0.1) is 0 Å². The molecule has 5 nitrogen and oxygen atoms in total. The van der Waals surface area contributed by atoms with E-state index < -0.39 is 17.4 Å². The first kappa shape index (κ1) is 18.9. The van der Waals surface area contributed by atoms with Gasteiger partial charge in [-0.3, -0.25) is 9.59 Å². The molecule has 2 aliphatic heterocycles. The number of nitrogens with zero attached hydrogens (tertiary/aromatic N) is 2. The number of fused-ring (bicyclic) bond motifs is 2. The molecule has 1 N–H and O–H groups in total. The Morgan fingerprint density at radius 3 is 2.43 bits per heavy atom. The van der Waals surface area contributed by atoms with Crippen molar-refractivity contribution < 1.29 is 14.7 Å². The monoisotopic (exact) mass is 418 g/mol. The van der Waals surface area contributed by atoms with Gasteiger partial charge >= 0.3 is 0 Å². The Hall–Kier alpha value is -3.15. The molecule has 2 heterocycles. The SMILES string of the molecule is CN1C(=O)[C@H]([C@]2(O)C(=O)N(Cc3ccccc3)c3cc(Cl)ccc32)c2ccccc21. The van der Waals surface area contributed by atoms with Crippen LogP contribution in [0.3, 0.4) is 0 Å². The van der Waals surface area contributed by atoms with Gasteiger partial charge in [0.2, 0.25) is 5.91 Å². The highest BCUT2D eigenvalue weighted by Gasteiger charge is 2.60. The van der Waals surface area contributed by atoms with Crippen LogP contribution in [0.2, 0.25) is 5.02 Å². The number of amides is 2. The van der Waals surface area contributed by atoms with Crippen LogP contribution < -0.4 is 9.80 Å². The average Bonchev–Trinajstić information content (AvgIpc) is 3.13. The predicted molar refractivity (Wildman–Crippen MR) is 116 cm³/mol. The zero-order chi connectivity index (χ0) is 21.0. The summed E-state index contributed by atoms with van der Waals surface area (Å²) >= 11 is 6.23. The van der Waals surface area contributed by atoms with Gasteiger partial charge < -0.3 is 14.9 Å². The number of para-hydroxylation sites is 1. The first-order valence-corrected chi connectivity index (χ1v) is 10.1. The molecule has 0 fully saturated rings. The van der Waals surface area contributed by atoms with Gasteiger partial charge in [0.1, 0.15) is 5.92 Å². The highest BCUT2D eigenvalue weighted by Crippen LogP contribution is 2.53. The Bertz CT molecular complexity index is 1180. The van der Waals surface area contributed by atoms with Crippen LogP contribution in [-0.4, -0.2) is 24.0 Å². The van der Waals surface area contributed by atoms with Crippen LogP contribution >= 0.6 is 11.6 Å². The zero-order valence-electron chi connectivity index (χ0n) is 16.2. The third-order valence-corrected chi connectivity index (χ3v) is 6.26. The molecule has 3 aromatic carbocycles. The van der Waals surface area contributed by atoms with Crippen LogP contribution in [-0.2, 0) is 21.7 Å². The largest absolute Gasteiger partial charge is 0.374 e. The Labute approximate surface area is 179 Å². The fraction of sp³-hybridized carbons (Fsp3) is 0.167. The van der Waals surface area contributed by atoms with Gasteiger partial charge in [0.15, 0.2) is 5.60 Å². The van der Waals surface area contributed by atoms with Gasteiger partial charge in [-0.05, 0) is 29.3 Å². The van der Waals surface area contributed by atoms with Gasteiger partial charge in [-0.25, -0.2) is 0 Å². The smallest absolute Gasteiger partial charge is 0.265 e. The summed E-state index contributed by atoms with van der Waals surface area (Å²) in [6, 6.07) is 21.7. The molecule has 2 atom stereocenters. The van der Waals surface area contributed by atoms with E-state index in [4.69, 9.17) is 11.6 Å². The normalized spacial score (nSPS) is 22.4. The fourth-order valence-corrected chi connectivity index (χ4v) is 4.74. The first-order chi connectivity index (χ1) is 14.4. The minimum Gasteiger partial charge on any atom is -0.374 e. The van der Waals surface area contributed by atoms with Gasteiger partial charge in [0, 0.05) is 23.3 Å². The zero-order valence-corrected chi connectivity index (χ0v) is 17.0. The molecule has 3 aromatic rings. The molecule has 0 saturated carbocycles. The maximum Gasteiger partial charge on any atom is 0.265 e. The number of halogens is 1. The summed E-state index contributed by atoms with van der Waals surface area (Å²) in [5, 5.41) is 12.4. The molecule has 0 aromatic heterocycles. The number of aliphatic hydroxyl groups is 1. The Morgan fingerprint density at radius 2 is 1.67 bits per heavy atom. The van der Waals surface area contributed by atoms with E-state index >= 15 is 0 Å². The summed E-state index contributed by atoms with van der Waals surface area (Å²) in [7, 11) is 1.66. The summed E-state index contributed by atoms with van der Waals surface area (Å²) in [5.74, 6) is -1.85. The molecule has 0 saturated heterocycles. The highest BCUT2D eigenvalue weighted by molar-refractivity contribution is 6.31. The number of rotatable bonds is 3. The van der Waals surface area contributed by atoms with E-state index in [1.807, 2.05) is 48.5 Å². The molecule has 0 radical (unpaired) electrons. The number of hydrogen-bond acceptors (Lipinski definition) is 3. The number of benzene rings is 3. The number of carbonyl (C=O) groups is 2. The lowest BCUT2D eigenvalue weighted by molar-refractivity contribution is -0.144. The summed E-state index contributed by atoms with van der Waals surface area (Å²) in [4.78, 5) is 29.9. The van der Waals surface area contributed by atoms with E-state index in [1.165, 1.54) is 9.80 Å². The lowest BCUT2D eigenvalue weighted by Gasteiger charge is -2.28. The lowest BCUT2D eigenvalue weighted by Crippen LogP contribution is -2.47. The fourth-order valence-electron chi connectivity index (χ4n) is 4.57. The van der Waals surface area contributed by atoms with Crippen molar-refractivity contribution in [2.24, 2.45) is 0 Å².